The standard InChI is InChI=1S/C23H24N6O3S/c1-15(11-20(32-3)18(13-24)25-2)28-21(31)23(7-4-8-23)29(22(28)33)17-5-6-19-16(12-17)14-26-27(19)9-10-30/h5-6,11-12,14,30H,2,4,7-10H2,1,3H3/b15-11+,20-18+. The highest BCUT2D eigenvalue weighted by atomic mass is 32.1. The highest BCUT2D eigenvalue weighted by Gasteiger charge is 2.59. The van der Waals surface area contributed by atoms with Crippen LogP contribution in [0.1, 0.15) is 26.2 Å². The van der Waals surface area contributed by atoms with Crippen molar-refractivity contribution in [2.24, 2.45) is 4.99 Å². The van der Waals surface area contributed by atoms with Gasteiger partial charge < -0.3 is 14.7 Å². The van der Waals surface area contributed by atoms with E-state index in [2.05, 4.69) is 16.8 Å². The summed E-state index contributed by atoms with van der Waals surface area (Å²) in [4.78, 5) is 20.8. The number of allylic oxidation sites excluding steroid dienone is 3. The van der Waals surface area contributed by atoms with Crippen LogP contribution in [-0.2, 0) is 16.1 Å². The Hall–Kier alpha value is -3.55. The van der Waals surface area contributed by atoms with Gasteiger partial charge in [0.1, 0.15) is 11.6 Å². The summed E-state index contributed by atoms with van der Waals surface area (Å²) in [5.41, 5.74) is 1.54. The maximum absolute atomic E-state index is 13.6. The molecule has 10 heteroatoms. The molecule has 9 nitrogen and oxygen atoms in total. The molecule has 4 rings (SSSR count). The molecule has 1 N–H and O–H groups in total. The van der Waals surface area contributed by atoms with Gasteiger partial charge in [-0.1, -0.05) is 0 Å². The van der Waals surface area contributed by atoms with E-state index in [0.29, 0.717) is 30.2 Å². The lowest BCUT2D eigenvalue weighted by molar-refractivity contribution is -0.131. The minimum Gasteiger partial charge on any atom is -0.494 e. The number of benzene rings is 1. The summed E-state index contributed by atoms with van der Waals surface area (Å²) in [7, 11) is 1.43. The molecule has 170 valence electrons. The Bertz CT molecular complexity index is 1250. The number of ether oxygens (including phenoxy) is 1. The van der Waals surface area contributed by atoms with Crippen molar-refractivity contribution in [1.29, 1.82) is 5.26 Å². The molecular weight excluding hydrogens is 440 g/mol. The van der Waals surface area contributed by atoms with Crippen molar-refractivity contribution in [3.63, 3.8) is 0 Å². The van der Waals surface area contributed by atoms with Crippen LogP contribution in [0.5, 0.6) is 0 Å². The smallest absolute Gasteiger partial charge is 0.259 e. The molecule has 2 fully saturated rings. The SMILES string of the molecule is C=N/C(C#N)=C(\C=C(/C)N1C(=O)C2(CCC2)N(c2ccc3c(cnn3CCO)c2)C1=S)OC. The topological polar surface area (TPSA) is 107 Å². The molecule has 2 aromatic rings. The number of aliphatic hydroxyl groups excluding tert-OH is 1. The summed E-state index contributed by atoms with van der Waals surface area (Å²) in [5, 5.41) is 24.1. The van der Waals surface area contributed by atoms with Crippen LogP contribution in [0, 0.1) is 11.3 Å². The second-order valence-electron chi connectivity index (χ2n) is 7.95. The molecule has 1 aliphatic heterocycles. The second-order valence-corrected chi connectivity index (χ2v) is 8.32. The van der Waals surface area contributed by atoms with E-state index in [-0.39, 0.29) is 24.0 Å². The van der Waals surface area contributed by atoms with E-state index in [9.17, 15) is 15.2 Å². The Morgan fingerprint density at radius 2 is 2.24 bits per heavy atom. The van der Waals surface area contributed by atoms with Gasteiger partial charge in [-0.2, -0.15) is 10.4 Å². The van der Waals surface area contributed by atoms with Crippen LogP contribution in [-0.4, -0.2) is 56.8 Å². The second kappa shape index (κ2) is 8.77. The number of aliphatic imine (C=N–C) groups is 1. The predicted octanol–water partition coefficient (Wildman–Crippen LogP) is 2.87. The van der Waals surface area contributed by atoms with E-state index in [0.717, 1.165) is 23.0 Å². The molecular formula is C23H24N6O3S. The first kappa shape index (κ1) is 22.6. The Morgan fingerprint density at radius 3 is 2.82 bits per heavy atom. The number of nitriles is 1. The van der Waals surface area contributed by atoms with E-state index in [4.69, 9.17) is 17.0 Å². The van der Waals surface area contributed by atoms with Crippen molar-refractivity contribution in [2.45, 2.75) is 38.3 Å². The average Bonchev–Trinajstić information content (AvgIpc) is 3.28. The van der Waals surface area contributed by atoms with Gasteiger partial charge in [-0.3, -0.25) is 14.4 Å². The number of nitrogens with zero attached hydrogens (tertiary/aromatic N) is 6. The lowest BCUT2D eigenvalue weighted by Crippen LogP contribution is -2.55. The number of fused-ring (bicyclic) bond motifs is 1. The molecule has 0 atom stereocenters. The number of carbonyl (C=O) groups excluding carboxylic acids is 1. The Balaban J connectivity index is 1.76. The lowest BCUT2D eigenvalue weighted by atomic mass is 9.75. The molecule has 1 amide bonds. The average molecular weight is 465 g/mol. The fourth-order valence-electron chi connectivity index (χ4n) is 4.42. The summed E-state index contributed by atoms with van der Waals surface area (Å²) >= 11 is 5.81. The number of carbonyl (C=O) groups is 1. The van der Waals surface area contributed by atoms with Gasteiger partial charge in [-0.05, 0) is 63.3 Å². The van der Waals surface area contributed by atoms with Crippen LogP contribution >= 0.6 is 12.2 Å². The van der Waals surface area contributed by atoms with E-state index < -0.39 is 5.54 Å². The normalized spacial score (nSPS) is 18.4. The van der Waals surface area contributed by atoms with Crippen LogP contribution in [0.2, 0.25) is 0 Å². The molecule has 0 radical (unpaired) electrons. The number of hydrogen-bond donors (Lipinski definition) is 1. The summed E-state index contributed by atoms with van der Waals surface area (Å²) in [5.74, 6) is 0.114. The highest BCUT2D eigenvalue weighted by molar-refractivity contribution is 7.80. The number of amides is 1. The molecule has 1 saturated carbocycles. The molecule has 0 bridgehead atoms. The first-order valence-corrected chi connectivity index (χ1v) is 10.9. The van der Waals surface area contributed by atoms with E-state index >= 15 is 0 Å². The van der Waals surface area contributed by atoms with Gasteiger partial charge in [0.25, 0.3) is 5.91 Å². The molecule has 2 heterocycles. The lowest BCUT2D eigenvalue weighted by Gasteiger charge is -2.43. The van der Waals surface area contributed by atoms with Gasteiger partial charge in [-0.25, -0.2) is 4.99 Å². The zero-order valence-corrected chi connectivity index (χ0v) is 19.3. The fourth-order valence-corrected chi connectivity index (χ4v) is 4.93. The van der Waals surface area contributed by atoms with Crippen LogP contribution in [0.15, 0.2) is 52.6 Å². The van der Waals surface area contributed by atoms with E-state index in [1.807, 2.05) is 29.2 Å². The van der Waals surface area contributed by atoms with Gasteiger partial charge in [0.05, 0.1) is 32.0 Å². The minimum atomic E-state index is -0.730. The van der Waals surface area contributed by atoms with Crippen molar-refractivity contribution in [1.82, 2.24) is 14.7 Å². The van der Waals surface area contributed by atoms with Crippen molar-refractivity contribution in [3.05, 3.63) is 47.6 Å². The number of anilines is 1. The zero-order valence-electron chi connectivity index (χ0n) is 18.5. The van der Waals surface area contributed by atoms with Crippen molar-refractivity contribution in [2.75, 3.05) is 18.6 Å². The monoisotopic (exact) mass is 464 g/mol. The summed E-state index contributed by atoms with van der Waals surface area (Å²) in [6.45, 7) is 5.55. The molecule has 2 aliphatic rings. The largest absolute Gasteiger partial charge is 0.494 e. The number of hydrogen-bond acceptors (Lipinski definition) is 7. The van der Waals surface area contributed by atoms with Gasteiger partial charge in [0.15, 0.2) is 16.6 Å². The van der Waals surface area contributed by atoms with Gasteiger partial charge in [-0.15, -0.1) is 0 Å². The van der Waals surface area contributed by atoms with Crippen molar-refractivity contribution in [3.8, 4) is 6.07 Å². The predicted molar refractivity (Wildman–Crippen MR) is 128 cm³/mol. The van der Waals surface area contributed by atoms with Crippen molar-refractivity contribution < 1.29 is 14.6 Å². The molecule has 1 aliphatic carbocycles. The van der Waals surface area contributed by atoms with Crippen LogP contribution in [0.25, 0.3) is 10.9 Å². The third-order valence-electron chi connectivity index (χ3n) is 6.20. The fraction of sp³-hybridized carbons (Fsp3) is 0.348. The van der Waals surface area contributed by atoms with Crippen LogP contribution in [0.3, 0.4) is 0 Å². The molecule has 33 heavy (non-hydrogen) atoms. The van der Waals surface area contributed by atoms with E-state index in [1.54, 1.807) is 23.9 Å². The molecule has 1 aromatic carbocycles. The molecule has 1 saturated heterocycles. The summed E-state index contributed by atoms with van der Waals surface area (Å²) in [6, 6.07) is 7.76. The summed E-state index contributed by atoms with van der Waals surface area (Å²) in [6.07, 6.45) is 5.65. The maximum Gasteiger partial charge on any atom is 0.259 e. The Morgan fingerprint density at radius 1 is 1.48 bits per heavy atom. The Labute approximate surface area is 196 Å². The number of thiocarbonyl (C=S) groups is 1. The highest BCUT2D eigenvalue weighted by Crippen LogP contribution is 2.48. The number of rotatable bonds is 7. The van der Waals surface area contributed by atoms with Crippen LogP contribution < -0.4 is 4.90 Å². The number of aliphatic hydroxyl groups is 1. The first-order valence-electron chi connectivity index (χ1n) is 10.5. The van der Waals surface area contributed by atoms with Gasteiger partial charge in [0, 0.05) is 22.8 Å². The van der Waals surface area contributed by atoms with Gasteiger partial charge in [0.2, 0.25) is 0 Å². The maximum atomic E-state index is 13.6. The number of aromatic nitrogens is 2. The molecule has 0 unspecified atom stereocenters. The Kier molecular flexibility index (Phi) is 6.01. The zero-order chi connectivity index (χ0) is 23.8. The molecule has 1 spiro atoms. The number of methoxy groups -OCH3 is 1. The first-order chi connectivity index (χ1) is 15.9. The third kappa shape index (κ3) is 3.50. The van der Waals surface area contributed by atoms with Crippen LogP contribution in [0.4, 0.5) is 5.69 Å². The van der Waals surface area contributed by atoms with E-state index in [1.165, 1.54) is 12.0 Å². The third-order valence-corrected chi connectivity index (χ3v) is 6.56. The van der Waals surface area contributed by atoms with Crippen molar-refractivity contribution >= 4 is 46.5 Å². The minimum absolute atomic E-state index is 0.000273. The summed E-state index contributed by atoms with van der Waals surface area (Å²) < 4.78 is 7.03. The molecule has 1 aromatic heterocycles. The van der Waals surface area contributed by atoms with Gasteiger partial charge >= 0.3 is 0 Å². The quantitative estimate of drug-likeness (QED) is 0.221.